The Labute approximate surface area is 131 Å². The van der Waals surface area contributed by atoms with E-state index in [-0.39, 0.29) is 0 Å². The van der Waals surface area contributed by atoms with E-state index in [0.29, 0.717) is 19.1 Å². The fourth-order valence-corrected chi connectivity index (χ4v) is 2.71. The van der Waals surface area contributed by atoms with Crippen molar-refractivity contribution in [1.29, 1.82) is 0 Å². The van der Waals surface area contributed by atoms with Crippen molar-refractivity contribution >= 4 is 11.6 Å². The van der Waals surface area contributed by atoms with Crippen LogP contribution in [0.15, 0.2) is 36.4 Å². The predicted molar refractivity (Wildman–Crippen MR) is 88.9 cm³/mol. The summed E-state index contributed by atoms with van der Waals surface area (Å²) >= 11 is 6.28. The lowest BCUT2D eigenvalue weighted by molar-refractivity contribution is 0.303. The predicted octanol–water partition coefficient (Wildman–Crippen LogP) is 4.81. The van der Waals surface area contributed by atoms with Crippen molar-refractivity contribution in [1.82, 2.24) is 0 Å². The number of benzene rings is 2. The van der Waals surface area contributed by atoms with E-state index in [1.54, 1.807) is 0 Å². The molecule has 0 aliphatic rings. The largest absolute Gasteiger partial charge is 0.489 e. The summed E-state index contributed by atoms with van der Waals surface area (Å²) in [5.41, 5.74) is 10.1. The number of rotatable bonds is 5. The third kappa shape index (κ3) is 3.99. The van der Waals surface area contributed by atoms with E-state index in [4.69, 9.17) is 22.1 Å². The molecule has 0 amide bonds. The van der Waals surface area contributed by atoms with Crippen molar-refractivity contribution in [3.8, 4) is 5.75 Å². The quantitative estimate of drug-likeness (QED) is 0.860. The Morgan fingerprint density at radius 2 is 1.86 bits per heavy atom. The lowest BCUT2D eigenvalue weighted by atomic mass is 10.0. The number of hydrogen-bond acceptors (Lipinski definition) is 2. The van der Waals surface area contributed by atoms with Crippen LogP contribution in [0.4, 0.5) is 0 Å². The molecule has 0 heterocycles. The Kier molecular flexibility index (Phi) is 5.27. The monoisotopic (exact) mass is 303 g/mol. The minimum atomic E-state index is 0.376. The Bertz CT molecular complexity index is 623. The van der Waals surface area contributed by atoms with Crippen molar-refractivity contribution in [3.05, 3.63) is 63.7 Å². The van der Waals surface area contributed by atoms with E-state index >= 15 is 0 Å². The highest BCUT2D eigenvalue weighted by molar-refractivity contribution is 6.31. The van der Waals surface area contributed by atoms with Crippen molar-refractivity contribution < 1.29 is 4.74 Å². The normalized spacial score (nSPS) is 11.0. The van der Waals surface area contributed by atoms with E-state index in [2.05, 4.69) is 26.0 Å². The molecule has 0 radical (unpaired) electrons. The highest BCUT2D eigenvalue weighted by Gasteiger charge is 2.10. The first-order valence-corrected chi connectivity index (χ1v) is 7.59. The molecule has 0 atom stereocenters. The van der Waals surface area contributed by atoms with Gasteiger partial charge in [0.25, 0.3) is 0 Å². The molecule has 3 heteroatoms. The molecular weight excluding hydrogens is 282 g/mol. The van der Waals surface area contributed by atoms with E-state index in [1.165, 1.54) is 0 Å². The van der Waals surface area contributed by atoms with Crippen LogP contribution in [-0.4, -0.2) is 0 Å². The molecule has 2 N–H and O–H groups in total. The zero-order valence-corrected chi connectivity index (χ0v) is 13.6. The molecule has 0 unspecified atom stereocenters. The maximum absolute atomic E-state index is 6.28. The second-order valence-corrected chi connectivity index (χ2v) is 6.01. The number of nitrogens with two attached hydrogens (primary N) is 1. The number of hydrogen-bond donors (Lipinski definition) is 1. The fraction of sp³-hybridized carbons (Fsp3) is 0.333. The second kappa shape index (κ2) is 6.97. The minimum Gasteiger partial charge on any atom is -0.489 e. The molecule has 0 bridgehead atoms. The van der Waals surface area contributed by atoms with Gasteiger partial charge >= 0.3 is 0 Å². The Morgan fingerprint density at radius 3 is 2.52 bits per heavy atom. The zero-order valence-electron chi connectivity index (χ0n) is 12.8. The molecule has 112 valence electrons. The zero-order chi connectivity index (χ0) is 15.4. The molecule has 0 saturated heterocycles. The summed E-state index contributed by atoms with van der Waals surface area (Å²) in [7, 11) is 0. The molecule has 2 aromatic carbocycles. The summed E-state index contributed by atoms with van der Waals surface area (Å²) in [5, 5.41) is 0.806. The van der Waals surface area contributed by atoms with Crippen LogP contribution in [0, 0.1) is 6.92 Å². The molecule has 0 spiro atoms. The average molecular weight is 304 g/mol. The van der Waals surface area contributed by atoms with Gasteiger partial charge in [-0.1, -0.05) is 49.7 Å². The van der Waals surface area contributed by atoms with Crippen LogP contribution in [0.5, 0.6) is 5.75 Å². The van der Waals surface area contributed by atoms with Gasteiger partial charge < -0.3 is 10.5 Å². The average Bonchev–Trinajstić information content (AvgIpc) is 2.46. The lowest BCUT2D eigenvalue weighted by Crippen LogP contribution is -2.01. The van der Waals surface area contributed by atoms with Gasteiger partial charge in [-0.3, -0.25) is 0 Å². The number of halogens is 1. The van der Waals surface area contributed by atoms with Crippen LogP contribution in [0.2, 0.25) is 5.02 Å². The summed E-state index contributed by atoms with van der Waals surface area (Å²) in [6.07, 6.45) is 0. The van der Waals surface area contributed by atoms with Crippen LogP contribution in [-0.2, 0) is 13.2 Å². The first-order valence-electron chi connectivity index (χ1n) is 7.22. The third-order valence-electron chi connectivity index (χ3n) is 3.54. The summed E-state index contributed by atoms with van der Waals surface area (Å²) in [6.45, 7) is 7.36. The summed E-state index contributed by atoms with van der Waals surface area (Å²) in [6, 6.07) is 12.2. The molecular formula is C18H22ClNO. The summed E-state index contributed by atoms with van der Waals surface area (Å²) in [5.74, 6) is 1.27. The topological polar surface area (TPSA) is 35.2 Å². The molecule has 0 fully saturated rings. The first-order chi connectivity index (χ1) is 10.0. The molecule has 0 saturated carbocycles. The highest BCUT2D eigenvalue weighted by atomic mass is 35.5. The van der Waals surface area contributed by atoms with Gasteiger partial charge in [0.2, 0.25) is 0 Å². The van der Waals surface area contributed by atoms with Gasteiger partial charge in [0.1, 0.15) is 12.4 Å². The van der Waals surface area contributed by atoms with E-state index in [9.17, 15) is 0 Å². The Hall–Kier alpha value is -1.51. The molecule has 0 aliphatic heterocycles. The maximum atomic E-state index is 6.28. The SMILES string of the molecule is Cc1cc(Cl)c(C(C)C)cc1OCc1cccc(CN)c1. The van der Waals surface area contributed by atoms with E-state index in [1.807, 2.05) is 31.2 Å². The molecule has 2 aromatic rings. The maximum Gasteiger partial charge on any atom is 0.123 e. The third-order valence-corrected chi connectivity index (χ3v) is 3.87. The fourth-order valence-electron chi connectivity index (χ4n) is 2.27. The van der Waals surface area contributed by atoms with Gasteiger partial charge in [-0.25, -0.2) is 0 Å². The van der Waals surface area contributed by atoms with Crippen molar-refractivity contribution in [2.24, 2.45) is 5.73 Å². The standard InChI is InChI=1S/C18H22ClNO/c1-12(2)16-9-18(13(3)7-17(16)19)21-11-15-6-4-5-14(8-15)10-20/h4-9,12H,10-11,20H2,1-3H3. The number of ether oxygens (including phenoxy) is 1. The van der Waals surface area contributed by atoms with Crippen molar-refractivity contribution in [3.63, 3.8) is 0 Å². The minimum absolute atomic E-state index is 0.376. The Morgan fingerprint density at radius 1 is 1.14 bits per heavy atom. The van der Waals surface area contributed by atoms with Crippen molar-refractivity contribution in [2.45, 2.75) is 39.8 Å². The van der Waals surface area contributed by atoms with Crippen LogP contribution in [0.1, 0.15) is 42.0 Å². The smallest absolute Gasteiger partial charge is 0.123 e. The van der Waals surface area contributed by atoms with Crippen LogP contribution in [0.25, 0.3) is 0 Å². The molecule has 2 nitrogen and oxygen atoms in total. The first kappa shape index (κ1) is 15.9. The van der Waals surface area contributed by atoms with Gasteiger partial charge in [-0.15, -0.1) is 0 Å². The molecule has 21 heavy (non-hydrogen) atoms. The van der Waals surface area contributed by atoms with Crippen LogP contribution < -0.4 is 10.5 Å². The summed E-state index contributed by atoms with van der Waals surface area (Å²) in [4.78, 5) is 0. The number of aryl methyl sites for hydroxylation is 1. The molecule has 2 rings (SSSR count). The van der Waals surface area contributed by atoms with Crippen LogP contribution >= 0.6 is 11.6 Å². The van der Waals surface area contributed by atoms with Gasteiger partial charge in [0, 0.05) is 11.6 Å². The summed E-state index contributed by atoms with van der Waals surface area (Å²) < 4.78 is 5.97. The highest BCUT2D eigenvalue weighted by Crippen LogP contribution is 2.31. The van der Waals surface area contributed by atoms with E-state index < -0.39 is 0 Å². The van der Waals surface area contributed by atoms with Gasteiger partial charge in [-0.2, -0.15) is 0 Å². The van der Waals surface area contributed by atoms with Gasteiger partial charge in [0.15, 0.2) is 0 Å². The second-order valence-electron chi connectivity index (χ2n) is 5.61. The van der Waals surface area contributed by atoms with E-state index in [0.717, 1.165) is 33.0 Å². The Balaban J connectivity index is 2.17. The van der Waals surface area contributed by atoms with Gasteiger partial charge in [0.05, 0.1) is 0 Å². The van der Waals surface area contributed by atoms with Gasteiger partial charge in [-0.05, 0) is 47.2 Å². The van der Waals surface area contributed by atoms with Crippen molar-refractivity contribution in [2.75, 3.05) is 0 Å². The molecule has 0 aliphatic carbocycles. The molecule has 0 aromatic heterocycles. The lowest BCUT2D eigenvalue weighted by Gasteiger charge is -2.15. The van der Waals surface area contributed by atoms with Crippen LogP contribution in [0.3, 0.4) is 0 Å².